The van der Waals surface area contributed by atoms with E-state index in [1.54, 1.807) is 12.1 Å². The number of likely N-dealkylation sites (N-methyl/N-ethyl adjacent to an activating group) is 2. The Morgan fingerprint density at radius 1 is 1.20 bits per heavy atom. The number of carbonyl (C=O) groups excluding carboxylic acids is 3. The van der Waals surface area contributed by atoms with Gasteiger partial charge in [0.15, 0.2) is 11.5 Å². The Hall–Kier alpha value is -3.60. The summed E-state index contributed by atoms with van der Waals surface area (Å²) in [5.41, 5.74) is -1.76. The lowest BCUT2D eigenvalue weighted by Gasteiger charge is -2.43. The molecule has 11 heteroatoms. The number of hydrogen-bond donors (Lipinski definition) is 1. The van der Waals surface area contributed by atoms with Crippen molar-refractivity contribution < 1.29 is 28.6 Å². The van der Waals surface area contributed by atoms with E-state index in [0.29, 0.717) is 18.4 Å². The number of hydrogen-bond acceptors (Lipinski definition) is 7. The number of rotatable bonds is 5. The molecule has 0 saturated carbocycles. The van der Waals surface area contributed by atoms with Crippen molar-refractivity contribution in [1.29, 1.82) is 0 Å². The molecule has 10 nitrogen and oxygen atoms in total. The first kappa shape index (κ1) is 24.5. The number of ether oxygens (including phenoxy) is 1. The van der Waals surface area contributed by atoms with Gasteiger partial charge < -0.3 is 19.6 Å². The Kier molecular flexibility index (Phi) is 6.46. The number of aryl methyl sites for hydroxylation is 1. The molecule has 2 unspecified atom stereocenters. The number of aromatic hydroxyl groups is 1. The molecule has 0 radical (unpaired) electrons. The second-order valence-electron chi connectivity index (χ2n) is 9.17. The van der Waals surface area contributed by atoms with Gasteiger partial charge in [0, 0.05) is 27.6 Å². The minimum absolute atomic E-state index is 0.0129. The number of fused-ring (bicyclic) bond motifs is 2. The lowest BCUT2D eigenvalue weighted by Crippen LogP contribution is -2.56. The van der Waals surface area contributed by atoms with Gasteiger partial charge in [-0.25, -0.2) is 9.37 Å². The molecule has 2 atom stereocenters. The van der Waals surface area contributed by atoms with Crippen molar-refractivity contribution in [2.45, 2.75) is 43.9 Å². The zero-order valence-corrected chi connectivity index (χ0v) is 19.8. The highest BCUT2D eigenvalue weighted by molar-refractivity contribution is 6.34. The predicted molar refractivity (Wildman–Crippen MR) is 121 cm³/mol. The number of amides is 2. The molecular weight excluding hydrogens is 459 g/mol. The van der Waals surface area contributed by atoms with Crippen molar-refractivity contribution in [2.24, 2.45) is 0 Å². The third-order valence-electron chi connectivity index (χ3n) is 6.74. The van der Waals surface area contributed by atoms with E-state index in [2.05, 4.69) is 4.98 Å². The molecule has 1 aromatic heterocycles. The maximum absolute atomic E-state index is 13.2. The lowest BCUT2D eigenvalue weighted by atomic mass is 9.88. The first-order chi connectivity index (χ1) is 16.5. The Balaban J connectivity index is 1.74. The van der Waals surface area contributed by atoms with Crippen LogP contribution < -0.4 is 5.56 Å². The van der Waals surface area contributed by atoms with Crippen LogP contribution in [0.2, 0.25) is 0 Å². The van der Waals surface area contributed by atoms with Crippen molar-refractivity contribution in [3.63, 3.8) is 0 Å². The van der Waals surface area contributed by atoms with Crippen LogP contribution in [0.5, 0.6) is 5.75 Å². The van der Waals surface area contributed by atoms with Gasteiger partial charge in [-0.05, 0) is 37.0 Å². The zero-order chi connectivity index (χ0) is 25.5. The Morgan fingerprint density at radius 3 is 2.49 bits per heavy atom. The number of halogens is 1. The SMILES string of the molecule is CN(C)C(=O)C(=O)N(C)C12CCC(Cn3c1nc(C(=O)CCc1ccc(F)cc1)c(O)c3=O)OC2. The molecule has 0 aliphatic carbocycles. The summed E-state index contributed by atoms with van der Waals surface area (Å²) in [6.45, 7) is 0.0885. The smallest absolute Gasteiger partial charge is 0.312 e. The molecule has 5 rings (SSSR count). The van der Waals surface area contributed by atoms with E-state index in [4.69, 9.17) is 4.74 Å². The Labute approximate surface area is 200 Å². The number of Topliss-reactive ketones (excluding diaryl/α,β-unsaturated/α-hetero) is 1. The fraction of sp³-hybridized carbons (Fsp3) is 0.458. The molecule has 1 saturated heterocycles. The van der Waals surface area contributed by atoms with Crippen LogP contribution >= 0.6 is 0 Å². The predicted octanol–water partition coefficient (Wildman–Crippen LogP) is 0.838. The average Bonchev–Trinajstić information content (AvgIpc) is 3.11. The second-order valence-corrected chi connectivity index (χ2v) is 9.17. The lowest BCUT2D eigenvalue weighted by molar-refractivity contribution is -0.159. The maximum atomic E-state index is 13.2. The van der Waals surface area contributed by atoms with Gasteiger partial charge in [0.1, 0.15) is 17.2 Å². The summed E-state index contributed by atoms with van der Waals surface area (Å²) < 4.78 is 20.3. The molecule has 2 amide bonds. The highest BCUT2D eigenvalue weighted by atomic mass is 19.1. The molecule has 2 bridgehead atoms. The van der Waals surface area contributed by atoms with Crippen LogP contribution in [-0.2, 0) is 32.8 Å². The molecule has 4 heterocycles. The van der Waals surface area contributed by atoms with Crippen molar-refractivity contribution in [2.75, 3.05) is 27.7 Å². The fourth-order valence-electron chi connectivity index (χ4n) is 4.57. The molecule has 1 fully saturated rings. The summed E-state index contributed by atoms with van der Waals surface area (Å²) in [4.78, 5) is 58.3. The standard InChI is InChI=1S/C24H27FN4O6/c1-27(2)21(33)22(34)28(3)24-11-10-16(35-13-24)12-29-20(32)19(31)18(26-23(24)29)17(30)9-6-14-4-7-15(25)8-5-14/h4-5,7-8,16,31H,6,9-13H2,1-3H3. The van der Waals surface area contributed by atoms with Crippen molar-refractivity contribution in [3.8, 4) is 5.75 Å². The van der Waals surface area contributed by atoms with Gasteiger partial charge in [-0.15, -0.1) is 0 Å². The van der Waals surface area contributed by atoms with Gasteiger partial charge in [0.05, 0.1) is 19.3 Å². The van der Waals surface area contributed by atoms with Crippen LogP contribution in [0.25, 0.3) is 0 Å². The van der Waals surface area contributed by atoms with Crippen LogP contribution in [0.1, 0.15) is 41.1 Å². The third-order valence-corrected chi connectivity index (χ3v) is 6.74. The van der Waals surface area contributed by atoms with E-state index >= 15 is 0 Å². The van der Waals surface area contributed by atoms with E-state index in [1.165, 1.54) is 42.7 Å². The molecule has 2 aromatic rings. The minimum Gasteiger partial charge on any atom is -0.501 e. The molecule has 3 aliphatic heterocycles. The number of benzene rings is 1. The topological polar surface area (TPSA) is 122 Å². The van der Waals surface area contributed by atoms with E-state index < -0.39 is 46.0 Å². The molecule has 35 heavy (non-hydrogen) atoms. The summed E-state index contributed by atoms with van der Waals surface area (Å²) >= 11 is 0. The summed E-state index contributed by atoms with van der Waals surface area (Å²) in [6.07, 6.45) is 0.697. The largest absolute Gasteiger partial charge is 0.501 e. The molecule has 186 valence electrons. The summed E-state index contributed by atoms with van der Waals surface area (Å²) in [7, 11) is 4.36. The first-order valence-corrected chi connectivity index (χ1v) is 11.3. The average molecular weight is 487 g/mol. The monoisotopic (exact) mass is 486 g/mol. The number of nitrogens with zero attached hydrogens (tertiary/aromatic N) is 4. The van der Waals surface area contributed by atoms with Gasteiger partial charge >= 0.3 is 11.8 Å². The normalized spacial score (nSPS) is 20.6. The van der Waals surface area contributed by atoms with E-state index in [-0.39, 0.29) is 37.9 Å². The maximum Gasteiger partial charge on any atom is 0.312 e. The minimum atomic E-state index is -1.27. The van der Waals surface area contributed by atoms with Crippen LogP contribution in [0.15, 0.2) is 29.1 Å². The highest BCUT2D eigenvalue weighted by Crippen LogP contribution is 2.40. The van der Waals surface area contributed by atoms with Gasteiger partial charge in [-0.2, -0.15) is 0 Å². The summed E-state index contributed by atoms with van der Waals surface area (Å²) in [5.74, 6) is -3.19. The molecule has 3 aliphatic rings. The van der Waals surface area contributed by atoms with Crippen LogP contribution in [0.3, 0.4) is 0 Å². The second kappa shape index (κ2) is 9.21. The van der Waals surface area contributed by atoms with E-state index in [0.717, 1.165) is 4.90 Å². The first-order valence-electron chi connectivity index (χ1n) is 11.3. The number of aromatic nitrogens is 2. The fourth-order valence-corrected chi connectivity index (χ4v) is 4.57. The van der Waals surface area contributed by atoms with Crippen LogP contribution in [-0.4, -0.2) is 75.9 Å². The van der Waals surface area contributed by atoms with Crippen molar-refractivity contribution in [3.05, 3.63) is 57.5 Å². The number of carbonyl (C=O) groups is 3. The van der Waals surface area contributed by atoms with Crippen molar-refractivity contribution in [1.82, 2.24) is 19.4 Å². The molecule has 1 aromatic carbocycles. The van der Waals surface area contributed by atoms with E-state index in [9.17, 15) is 28.7 Å². The zero-order valence-electron chi connectivity index (χ0n) is 19.8. The Morgan fingerprint density at radius 2 is 1.89 bits per heavy atom. The Bertz CT molecular complexity index is 1230. The molecule has 1 N–H and O–H groups in total. The quantitative estimate of drug-likeness (QED) is 0.491. The highest BCUT2D eigenvalue weighted by Gasteiger charge is 2.51. The molecular formula is C24H27FN4O6. The summed E-state index contributed by atoms with van der Waals surface area (Å²) in [5, 5.41) is 10.6. The molecule has 0 spiro atoms. The van der Waals surface area contributed by atoms with Gasteiger partial charge in [0.2, 0.25) is 5.75 Å². The third kappa shape index (κ3) is 4.31. The van der Waals surface area contributed by atoms with E-state index in [1.807, 2.05) is 0 Å². The van der Waals surface area contributed by atoms with Gasteiger partial charge in [-0.1, -0.05) is 12.1 Å². The summed E-state index contributed by atoms with van der Waals surface area (Å²) in [6, 6.07) is 5.67. The van der Waals surface area contributed by atoms with Crippen LogP contribution in [0.4, 0.5) is 4.39 Å². The van der Waals surface area contributed by atoms with Crippen LogP contribution in [0, 0.1) is 5.82 Å². The van der Waals surface area contributed by atoms with Gasteiger partial charge in [-0.3, -0.25) is 23.7 Å². The van der Waals surface area contributed by atoms with Crippen molar-refractivity contribution >= 4 is 17.6 Å². The number of ketones is 1. The van der Waals surface area contributed by atoms with Gasteiger partial charge in [0.25, 0.3) is 5.56 Å².